The Labute approximate surface area is 124 Å². The number of hydrogen-bond donors (Lipinski definition) is 0. The first-order chi connectivity index (χ1) is 9.79. The topological polar surface area (TPSA) is 0 Å². The van der Waals surface area contributed by atoms with Gasteiger partial charge in [0, 0.05) is 0 Å². The van der Waals surface area contributed by atoms with Crippen LogP contribution in [-0.2, 0) is 12.8 Å². The van der Waals surface area contributed by atoms with Crippen molar-refractivity contribution in [1.82, 2.24) is 0 Å². The molecule has 2 rings (SSSR count). The van der Waals surface area contributed by atoms with Gasteiger partial charge in [-0.15, -0.1) is 0 Å². The van der Waals surface area contributed by atoms with Crippen molar-refractivity contribution in [2.75, 3.05) is 0 Å². The zero-order chi connectivity index (χ0) is 14.8. The lowest BCUT2D eigenvalue weighted by Gasteiger charge is -2.09. The molecule has 0 aromatic heterocycles. The second kappa shape index (κ2) is 9.36. The van der Waals surface area contributed by atoms with E-state index >= 15 is 0 Å². The van der Waals surface area contributed by atoms with Crippen LogP contribution in [-0.4, -0.2) is 0 Å². The Hall–Kier alpha value is -1.56. The highest BCUT2D eigenvalue weighted by Gasteiger charge is 2.02. The number of rotatable bonds is 5. The molecule has 0 aliphatic carbocycles. The molecule has 0 saturated carbocycles. The maximum atomic E-state index is 2.29. The average Bonchev–Trinajstić information content (AvgIpc) is 2.55. The van der Waals surface area contributed by atoms with Gasteiger partial charge in [0.2, 0.25) is 0 Å². The summed E-state index contributed by atoms with van der Waals surface area (Å²) in [5.74, 6) is 0.674. The summed E-state index contributed by atoms with van der Waals surface area (Å²) in [6, 6.07) is 19.8. The Bertz CT molecular complexity index is 453. The predicted octanol–water partition coefficient (Wildman–Crippen LogP) is 6.01. The van der Waals surface area contributed by atoms with Gasteiger partial charge in [0.05, 0.1) is 0 Å². The van der Waals surface area contributed by atoms with E-state index in [9.17, 15) is 0 Å². The van der Waals surface area contributed by atoms with Crippen molar-refractivity contribution in [3.8, 4) is 0 Å². The number of benzene rings is 2. The van der Waals surface area contributed by atoms with Crippen molar-refractivity contribution in [3.63, 3.8) is 0 Å². The first-order valence-electron chi connectivity index (χ1n) is 7.92. The van der Waals surface area contributed by atoms with Gasteiger partial charge in [-0.05, 0) is 41.9 Å². The molecule has 0 nitrogen and oxygen atoms in total. The molecule has 0 spiro atoms. The molecule has 0 heteroatoms. The summed E-state index contributed by atoms with van der Waals surface area (Å²) in [5, 5.41) is 0. The van der Waals surface area contributed by atoms with Crippen LogP contribution in [0.1, 0.15) is 56.7 Å². The highest BCUT2D eigenvalue weighted by Crippen LogP contribution is 2.19. The van der Waals surface area contributed by atoms with Gasteiger partial charge >= 0.3 is 0 Å². The van der Waals surface area contributed by atoms with E-state index in [0.717, 1.165) is 12.8 Å². The maximum Gasteiger partial charge on any atom is -0.0193 e. The second-order valence-electron chi connectivity index (χ2n) is 5.04. The Morgan fingerprint density at radius 2 is 1.25 bits per heavy atom. The zero-order valence-electron chi connectivity index (χ0n) is 13.4. The molecule has 0 heterocycles. The summed E-state index contributed by atoms with van der Waals surface area (Å²) < 4.78 is 0. The molecule has 20 heavy (non-hydrogen) atoms. The van der Waals surface area contributed by atoms with Crippen molar-refractivity contribution < 1.29 is 0 Å². The Balaban J connectivity index is 0.000000956. The van der Waals surface area contributed by atoms with E-state index in [1.807, 2.05) is 13.8 Å². The van der Waals surface area contributed by atoms with Crippen LogP contribution >= 0.6 is 0 Å². The lowest BCUT2D eigenvalue weighted by molar-refractivity contribution is 0.733. The van der Waals surface area contributed by atoms with Crippen molar-refractivity contribution in [1.29, 1.82) is 0 Å². The summed E-state index contributed by atoms with van der Waals surface area (Å²) in [7, 11) is 0. The van der Waals surface area contributed by atoms with Crippen LogP contribution in [0.4, 0.5) is 0 Å². The third kappa shape index (κ3) is 5.21. The minimum Gasteiger partial charge on any atom is -0.0683 e. The fourth-order valence-electron chi connectivity index (χ4n) is 2.18. The predicted molar refractivity (Wildman–Crippen MR) is 90.3 cm³/mol. The molecule has 2 aromatic rings. The standard InChI is InChI=1S/C18H22.C2H6/c1-3-15(2)18-13-11-17(12-14-18)10-9-16-7-5-4-6-8-16;1-2/h4-8,11-15H,3,9-10H2,1-2H3;1-2H3. The summed E-state index contributed by atoms with van der Waals surface area (Å²) >= 11 is 0. The van der Waals surface area contributed by atoms with Crippen LogP contribution in [0.5, 0.6) is 0 Å². The molecule has 108 valence electrons. The average molecular weight is 268 g/mol. The van der Waals surface area contributed by atoms with Gasteiger partial charge in [0.25, 0.3) is 0 Å². The molecule has 0 radical (unpaired) electrons. The van der Waals surface area contributed by atoms with Gasteiger partial charge in [0.15, 0.2) is 0 Å². The summed E-state index contributed by atoms with van der Waals surface area (Å²) in [6.07, 6.45) is 3.47. The van der Waals surface area contributed by atoms with Crippen molar-refractivity contribution in [2.24, 2.45) is 0 Å². The van der Waals surface area contributed by atoms with Crippen LogP contribution in [0.2, 0.25) is 0 Å². The van der Waals surface area contributed by atoms with Crippen LogP contribution in [0, 0.1) is 0 Å². The first-order valence-corrected chi connectivity index (χ1v) is 7.92. The first kappa shape index (κ1) is 16.5. The van der Waals surface area contributed by atoms with E-state index in [4.69, 9.17) is 0 Å². The minimum atomic E-state index is 0.674. The van der Waals surface area contributed by atoms with Gasteiger partial charge in [-0.25, -0.2) is 0 Å². The summed E-state index contributed by atoms with van der Waals surface area (Å²) in [4.78, 5) is 0. The van der Waals surface area contributed by atoms with E-state index in [0.29, 0.717) is 5.92 Å². The molecule has 0 N–H and O–H groups in total. The lowest BCUT2D eigenvalue weighted by atomic mass is 9.96. The van der Waals surface area contributed by atoms with E-state index in [1.165, 1.54) is 23.1 Å². The normalized spacial score (nSPS) is 11.4. The molecule has 0 amide bonds. The quantitative estimate of drug-likeness (QED) is 0.622. The summed E-state index contributed by atoms with van der Waals surface area (Å²) in [6.45, 7) is 8.53. The van der Waals surface area contributed by atoms with Crippen LogP contribution in [0.25, 0.3) is 0 Å². The molecule has 0 aliphatic heterocycles. The molecule has 2 aromatic carbocycles. The molecule has 0 bridgehead atoms. The molecule has 1 atom stereocenters. The SMILES string of the molecule is CC.CCC(C)c1ccc(CCc2ccccc2)cc1. The third-order valence-electron chi connectivity index (χ3n) is 3.71. The van der Waals surface area contributed by atoms with E-state index in [1.54, 1.807) is 0 Å². The van der Waals surface area contributed by atoms with Crippen molar-refractivity contribution in [2.45, 2.75) is 52.9 Å². The van der Waals surface area contributed by atoms with E-state index in [-0.39, 0.29) is 0 Å². The fraction of sp³-hybridized carbons (Fsp3) is 0.400. The minimum absolute atomic E-state index is 0.674. The zero-order valence-corrected chi connectivity index (χ0v) is 13.4. The van der Waals surface area contributed by atoms with Gasteiger partial charge in [-0.2, -0.15) is 0 Å². The highest BCUT2D eigenvalue weighted by atomic mass is 14.1. The molecular weight excluding hydrogens is 240 g/mol. The Morgan fingerprint density at radius 1 is 0.750 bits per heavy atom. The van der Waals surface area contributed by atoms with Gasteiger partial charge in [-0.3, -0.25) is 0 Å². The van der Waals surface area contributed by atoms with E-state index < -0.39 is 0 Å². The third-order valence-corrected chi connectivity index (χ3v) is 3.71. The Kier molecular flexibility index (Phi) is 7.72. The van der Waals surface area contributed by atoms with Gasteiger partial charge in [0.1, 0.15) is 0 Å². The summed E-state index contributed by atoms with van der Waals surface area (Å²) in [5.41, 5.74) is 4.32. The van der Waals surface area contributed by atoms with Gasteiger partial charge in [-0.1, -0.05) is 82.3 Å². The van der Waals surface area contributed by atoms with Crippen molar-refractivity contribution >= 4 is 0 Å². The highest BCUT2D eigenvalue weighted by molar-refractivity contribution is 5.26. The molecule has 0 aliphatic rings. The fourth-order valence-corrected chi connectivity index (χ4v) is 2.18. The molecular formula is C20H28. The van der Waals surface area contributed by atoms with Gasteiger partial charge < -0.3 is 0 Å². The smallest absolute Gasteiger partial charge is 0.0193 e. The monoisotopic (exact) mass is 268 g/mol. The number of hydrogen-bond acceptors (Lipinski definition) is 0. The second-order valence-corrected chi connectivity index (χ2v) is 5.04. The van der Waals surface area contributed by atoms with E-state index in [2.05, 4.69) is 68.4 Å². The lowest BCUT2D eigenvalue weighted by Crippen LogP contribution is -1.94. The molecule has 1 unspecified atom stereocenters. The van der Waals surface area contributed by atoms with Crippen molar-refractivity contribution in [3.05, 3.63) is 71.3 Å². The Morgan fingerprint density at radius 3 is 1.75 bits per heavy atom. The largest absolute Gasteiger partial charge is 0.0683 e. The molecule has 0 saturated heterocycles. The van der Waals surface area contributed by atoms with Crippen LogP contribution in [0.3, 0.4) is 0 Å². The van der Waals surface area contributed by atoms with Crippen LogP contribution in [0.15, 0.2) is 54.6 Å². The maximum absolute atomic E-state index is 2.29. The number of aryl methyl sites for hydroxylation is 2. The molecule has 0 fully saturated rings. The van der Waals surface area contributed by atoms with Crippen LogP contribution < -0.4 is 0 Å².